The molecule has 4 aromatic carbocycles. The topological polar surface area (TPSA) is 40.5 Å². The number of phenolic OH excluding ortho intramolecular Hbond substituents is 2. The van der Waals surface area contributed by atoms with E-state index in [0.717, 1.165) is 21.5 Å². The second-order valence-corrected chi connectivity index (χ2v) is 8.36. The van der Waals surface area contributed by atoms with E-state index in [1.54, 1.807) is 12.1 Å². The molecule has 2 N–H and O–H groups in total. The third kappa shape index (κ3) is 7.77. The zero-order chi connectivity index (χ0) is 21.3. The van der Waals surface area contributed by atoms with Crippen LogP contribution in [0.3, 0.4) is 0 Å². The molecule has 0 bridgehead atoms. The number of hydrogen-bond acceptors (Lipinski definition) is 3. The number of thiophene rings is 1. The molecule has 1 heterocycles. The van der Waals surface area contributed by atoms with Crippen LogP contribution in [0, 0.1) is 6.92 Å². The minimum absolute atomic E-state index is 0. The molecule has 0 radical (unpaired) electrons. The van der Waals surface area contributed by atoms with Crippen molar-refractivity contribution in [3.05, 3.63) is 107 Å². The summed E-state index contributed by atoms with van der Waals surface area (Å²) in [6, 6.07) is 30.9. The van der Waals surface area contributed by atoms with Crippen molar-refractivity contribution >= 4 is 37.2 Å². The van der Waals surface area contributed by atoms with Crippen molar-refractivity contribution in [2.75, 3.05) is 0 Å². The van der Waals surface area contributed by atoms with Gasteiger partial charge in [-0.15, -0.1) is 0 Å². The van der Waals surface area contributed by atoms with Crippen molar-refractivity contribution < 1.29 is 55.0 Å². The average molecular weight is 517 g/mol. The van der Waals surface area contributed by atoms with Crippen molar-refractivity contribution in [2.24, 2.45) is 0 Å². The Labute approximate surface area is 216 Å². The number of aromatic hydroxyl groups is 2. The first-order valence-corrected chi connectivity index (χ1v) is 11.2. The molecule has 0 saturated carbocycles. The summed E-state index contributed by atoms with van der Waals surface area (Å²) in [7, 11) is 0. The summed E-state index contributed by atoms with van der Waals surface area (Å²) in [6.07, 6.45) is 0. The van der Waals surface area contributed by atoms with Gasteiger partial charge in [-0.3, -0.25) is 0 Å². The van der Waals surface area contributed by atoms with Gasteiger partial charge in [-0.1, -0.05) is 72.8 Å². The van der Waals surface area contributed by atoms with Crippen molar-refractivity contribution in [1.82, 2.24) is 0 Å². The van der Waals surface area contributed by atoms with Gasteiger partial charge in [0.15, 0.2) is 0 Å². The van der Waals surface area contributed by atoms with E-state index in [2.05, 4.69) is 43.3 Å². The van der Waals surface area contributed by atoms with Gasteiger partial charge in [0.25, 0.3) is 0 Å². The van der Waals surface area contributed by atoms with E-state index in [-0.39, 0.29) is 24.8 Å². The Morgan fingerprint density at radius 2 is 1.06 bits per heavy atom. The molecule has 0 aliphatic rings. The first-order chi connectivity index (χ1) is 14.6. The second-order valence-electron chi connectivity index (χ2n) is 6.59. The van der Waals surface area contributed by atoms with Crippen LogP contribution in [0.4, 0.5) is 0 Å². The minimum atomic E-state index is 0. The molecule has 5 aromatic rings. The predicted octanol–water partition coefficient (Wildman–Crippen LogP) is 0.852. The van der Waals surface area contributed by atoms with Crippen LogP contribution in [0.15, 0.2) is 97.1 Å². The summed E-state index contributed by atoms with van der Waals surface area (Å²) in [4.78, 5) is 2.75. The van der Waals surface area contributed by atoms with E-state index < -0.39 is 0 Å². The van der Waals surface area contributed by atoms with Gasteiger partial charge in [-0.2, -0.15) is 0 Å². The van der Waals surface area contributed by atoms with Crippen LogP contribution in [-0.2, 0) is 20.0 Å². The van der Waals surface area contributed by atoms with Gasteiger partial charge in [0.05, 0.1) is 0 Å². The molecule has 1 aromatic heterocycles. The van der Waals surface area contributed by atoms with Crippen LogP contribution >= 0.6 is 11.3 Å². The Balaban J connectivity index is 0.000000236. The van der Waals surface area contributed by atoms with E-state index in [1.165, 1.54) is 9.75 Å². The molecular weight excluding hydrogens is 495 g/mol. The molecule has 0 unspecified atom stereocenters. The van der Waals surface area contributed by atoms with Crippen molar-refractivity contribution in [3.8, 4) is 11.5 Å². The molecule has 0 aliphatic carbocycles. The molecule has 0 spiro atoms. The second kappa shape index (κ2) is 14.1. The smallest absolute Gasteiger partial charge is 0.123 e. The molecule has 0 amide bonds. The Kier molecular flexibility index (Phi) is 12.3. The van der Waals surface area contributed by atoms with Crippen molar-refractivity contribution in [3.63, 3.8) is 0 Å². The van der Waals surface area contributed by atoms with E-state index in [1.807, 2.05) is 84.1 Å². The molecular formula is C26H22Cl2O2STi-2. The molecule has 0 atom stereocenters. The fraction of sp³-hybridized carbons (Fsp3) is 0.0385. The zero-order valence-electron chi connectivity index (χ0n) is 17.4. The summed E-state index contributed by atoms with van der Waals surface area (Å²) in [5.74, 6) is 0.700. The number of rotatable bonds is 1. The standard InChI is InChI=1S/2C10H8O.C6H6S.2ClH.Ti/c2*11-10-7-3-5-8-4-1-2-6-9(8)10;1-5-3-4-6(2)7-5;;;/h2*1-7,11H;1,3-4H,2H3;2*1H;/p-2. The SMILES string of the molecule is Cc1ccc([CH]=[Ti])s1.Oc1cccc2ccccc12.Oc1cccc2ccccc12.[Cl-].[Cl-]. The summed E-state index contributed by atoms with van der Waals surface area (Å²) in [6.45, 7) is 2.12. The van der Waals surface area contributed by atoms with Gasteiger partial charge >= 0.3 is 64.4 Å². The van der Waals surface area contributed by atoms with Gasteiger partial charge in [-0.05, 0) is 22.9 Å². The van der Waals surface area contributed by atoms with E-state index >= 15 is 0 Å². The monoisotopic (exact) mass is 516 g/mol. The van der Waals surface area contributed by atoms with Gasteiger partial charge in [-0.25, -0.2) is 0 Å². The number of hydrogen-bond donors (Lipinski definition) is 2. The Morgan fingerprint density at radius 3 is 1.41 bits per heavy atom. The van der Waals surface area contributed by atoms with Crippen LogP contribution < -0.4 is 24.8 Å². The maximum atomic E-state index is 9.37. The van der Waals surface area contributed by atoms with E-state index in [9.17, 15) is 10.2 Å². The van der Waals surface area contributed by atoms with E-state index in [0.29, 0.717) is 11.5 Å². The van der Waals surface area contributed by atoms with E-state index in [4.69, 9.17) is 0 Å². The summed E-state index contributed by atoms with van der Waals surface area (Å²) in [5, 5.41) is 22.7. The number of phenols is 2. The van der Waals surface area contributed by atoms with Crippen LogP contribution in [0.5, 0.6) is 11.5 Å². The summed E-state index contributed by atoms with van der Waals surface area (Å²) >= 11 is 3.89. The first kappa shape index (κ1) is 27.9. The fourth-order valence-electron chi connectivity index (χ4n) is 2.95. The molecule has 2 nitrogen and oxygen atoms in total. The molecule has 0 aliphatic heterocycles. The largest absolute Gasteiger partial charge is 1.00 e. The summed E-state index contributed by atoms with van der Waals surface area (Å²) in [5.41, 5.74) is 0. The van der Waals surface area contributed by atoms with Gasteiger partial charge in [0.1, 0.15) is 11.5 Å². The molecule has 164 valence electrons. The maximum absolute atomic E-state index is 9.37. The molecule has 0 fully saturated rings. The normalized spacial score (nSPS) is 9.25. The number of aryl methyl sites for hydroxylation is 1. The Bertz CT molecular complexity index is 1180. The fourth-order valence-corrected chi connectivity index (χ4v) is 4.08. The van der Waals surface area contributed by atoms with Crippen LogP contribution in [0.2, 0.25) is 0 Å². The molecule has 6 heteroatoms. The number of benzene rings is 4. The maximum Gasteiger partial charge on any atom is 0.123 e. The van der Waals surface area contributed by atoms with Gasteiger partial charge in [0, 0.05) is 10.8 Å². The van der Waals surface area contributed by atoms with Crippen molar-refractivity contribution in [2.45, 2.75) is 6.92 Å². The first-order valence-electron chi connectivity index (χ1n) is 9.49. The number of fused-ring (bicyclic) bond motifs is 2. The van der Waals surface area contributed by atoms with Crippen LogP contribution in [0.25, 0.3) is 21.5 Å². The predicted molar refractivity (Wildman–Crippen MR) is 125 cm³/mol. The summed E-state index contributed by atoms with van der Waals surface area (Å²) < 4.78 is 2.12. The molecule has 5 rings (SSSR count). The van der Waals surface area contributed by atoms with Crippen LogP contribution in [0.1, 0.15) is 9.75 Å². The quantitative estimate of drug-likeness (QED) is 0.324. The third-order valence-electron chi connectivity index (χ3n) is 4.44. The van der Waals surface area contributed by atoms with Crippen molar-refractivity contribution in [1.29, 1.82) is 0 Å². The van der Waals surface area contributed by atoms with Gasteiger partial charge < -0.3 is 35.0 Å². The Morgan fingerprint density at radius 1 is 0.625 bits per heavy atom. The van der Waals surface area contributed by atoms with Crippen LogP contribution in [-0.4, -0.2) is 14.5 Å². The molecule has 32 heavy (non-hydrogen) atoms. The van der Waals surface area contributed by atoms with Gasteiger partial charge in [0.2, 0.25) is 0 Å². The molecule has 0 saturated heterocycles. The number of halogens is 2. The average Bonchev–Trinajstić information content (AvgIpc) is 3.21. The third-order valence-corrected chi connectivity index (χ3v) is 6.20. The Hall–Kier alpha value is -2.14. The minimum Gasteiger partial charge on any atom is -1.00 e. The zero-order valence-corrected chi connectivity index (χ0v) is 21.3.